The zero-order valence-corrected chi connectivity index (χ0v) is 29.4. The Morgan fingerprint density at radius 3 is 1.91 bits per heavy atom. The highest BCUT2D eigenvalue weighted by Gasteiger charge is 2.24. The monoisotopic (exact) mass is 673 g/mol. The maximum atomic E-state index is 12.8. The second-order valence-corrected chi connectivity index (χ2v) is 13.9. The van der Waals surface area contributed by atoms with Crippen LogP contribution in [0.1, 0.15) is 110 Å². The first-order valence-corrected chi connectivity index (χ1v) is 19.0. The van der Waals surface area contributed by atoms with E-state index >= 15 is 0 Å². The number of para-hydroxylation sites is 1. The van der Waals surface area contributed by atoms with Gasteiger partial charge in [-0.1, -0.05) is 139 Å². The minimum absolute atomic E-state index is 0.309. The molecular weight excluding hydrogens is 623 g/mol. The van der Waals surface area contributed by atoms with E-state index in [1.807, 2.05) is 49.5 Å². The van der Waals surface area contributed by atoms with E-state index in [2.05, 4.69) is 21.7 Å². The molecule has 0 unspecified atom stereocenters. The van der Waals surface area contributed by atoms with Gasteiger partial charge in [0.25, 0.3) is 5.01 Å². The van der Waals surface area contributed by atoms with Crippen molar-refractivity contribution in [2.45, 2.75) is 110 Å². The average molecular weight is 674 g/mol. The third-order valence-corrected chi connectivity index (χ3v) is 9.86. The molecule has 8 nitrogen and oxygen atoms in total. The molecule has 0 saturated carbocycles. The van der Waals surface area contributed by atoms with Crippen molar-refractivity contribution >= 4 is 42.9 Å². The largest absolute Gasteiger partial charge is 0.726 e. The van der Waals surface area contributed by atoms with Gasteiger partial charge in [0.05, 0.1) is 13.7 Å². The summed E-state index contributed by atoms with van der Waals surface area (Å²) in [5.41, 5.74) is 1.96. The summed E-state index contributed by atoms with van der Waals surface area (Å²) in [6.45, 7) is 3.02. The van der Waals surface area contributed by atoms with Crippen molar-refractivity contribution in [3.05, 3.63) is 59.0 Å². The van der Waals surface area contributed by atoms with Crippen LogP contribution in [-0.4, -0.2) is 26.7 Å². The highest BCUT2D eigenvalue weighted by atomic mass is 32.3. The number of hydrogen-bond donors (Lipinski definition) is 0. The Bertz CT molecular complexity index is 1630. The fourth-order valence-electron chi connectivity index (χ4n) is 5.54. The zero-order valence-electron chi connectivity index (χ0n) is 27.8. The first-order chi connectivity index (χ1) is 22.2. The molecule has 0 radical (unpaired) electrons. The molecule has 4 aromatic rings. The van der Waals surface area contributed by atoms with Gasteiger partial charge in [-0.15, -0.1) is 0 Å². The fraction of sp³-hybridized carbons (Fsp3) is 0.556. The smallest absolute Gasteiger partial charge is 0.351 e. The van der Waals surface area contributed by atoms with Gasteiger partial charge in [0.15, 0.2) is 0 Å². The quantitative estimate of drug-likeness (QED) is 0.0302. The maximum absolute atomic E-state index is 12.8. The van der Waals surface area contributed by atoms with Crippen LogP contribution in [0.15, 0.2) is 57.7 Å². The molecule has 0 aliphatic rings. The van der Waals surface area contributed by atoms with Crippen LogP contribution in [-0.2, 0) is 21.6 Å². The van der Waals surface area contributed by atoms with E-state index in [-0.39, 0.29) is 5.63 Å². The van der Waals surface area contributed by atoms with Gasteiger partial charge in [0.1, 0.15) is 28.6 Å². The van der Waals surface area contributed by atoms with Crippen molar-refractivity contribution in [2.24, 2.45) is 7.05 Å². The first-order valence-electron chi connectivity index (χ1n) is 16.8. The van der Waals surface area contributed by atoms with Crippen molar-refractivity contribution in [2.75, 3.05) is 13.7 Å². The van der Waals surface area contributed by atoms with Crippen molar-refractivity contribution in [1.29, 1.82) is 0 Å². The van der Waals surface area contributed by atoms with E-state index in [0.717, 1.165) is 46.5 Å². The molecule has 10 heteroatoms. The Kier molecular flexibility index (Phi) is 16.7. The molecular formula is C36H51NO7S2. The minimum atomic E-state index is -4.41. The number of rotatable bonds is 20. The standard InChI is InChI=1S/C35H48NO3S.CH4O4S/c1-3-4-5-6-7-8-9-10-11-12-13-14-15-16-17-20-26-38-32-25-21-23-30-33(32)40-34(36(30)2)29-27-28-22-18-19-24-31(28)39-35(29)37;1-5-6(2,3)4/h18-19,21-25,27H,3-17,20,26H2,1-2H3;1H3,(H,2,3,4)/q+1;/p-1. The van der Waals surface area contributed by atoms with Gasteiger partial charge in [-0.2, -0.15) is 4.57 Å². The van der Waals surface area contributed by atoms with Gasteiger partial charge in [-0.25, -0.2) is 13.2 Å². The molecule has 2 aromatic carbocycles. The predicted octanol–water partition coefficient (Wildman–Crippen LogP) is 9.23. The van der Waals surface area contributed by atoms with Crippen molar-refractivity contribution in [1.82, 2.24) is 0 Å². The van der Waals surface area contributed by atoms with Crippen LogP contribution in [0.2, 0.25) is 0 Å². The van der Waals surface area contributed by atoms with Crippen LogP contribution < -0.4 is 14.9 Å². The van der Waals surface area contributed by atoms with Gasteiger partial charge < -0.3 is 13.7 Å². The molecule has 4 rings (SSSR count). The Morgan fingerprint density at radius 2 is 1.35 bits per heavy atom. The second-order valence-electron chi connectivity index (χ2n) is 11.8. The number of fused-ring (bicyclic) bond motifs is 2. The molecule has 2 heterocycles. The number of ether oxygens (including phenoxy) is 1. The molecule has 46 heavy (non-hydrogen) atoms. The lowest BCUT2D eigenvalue weighted by Crippen LogP contribution is -2.29. The summed E-state index contributed by atoms with van der Waals surface area (Å²) >= 11 is 1.59. The molecule has 0 saturated heterocycles. The van der Waals surface area contributed by atoms with Crippen LogP contribution in [0.5, 0.6) is 5.75 Å². The third kappa shape index (κ3) is 12.8. The van der Waals surface area contributed by atoms with Crippen LogP contribution in [0, 0.1) is 0 Å². The SMILES string of the molecule is CCCCCCCCCCCCCCCCCCOc1cccc2c1sc(-c1cc3ccccc3oc1=O)[n+]2C.COS(=O)(=O)[O-]. The molecule has 0 N–H and O–H groups in total. The molecule has 0 atom stereocenters. The molecule has 2 aromatic heterocycles. The molecule has 0 aliphatic heterocycles. The van der Waals surface area contributed by atoms with E-state index in [1.165, 1.54) is 96.3 Å². The highest BCUT2D eigenvalue weighted by molar-refractivity contribution is 7.80. The van der Waals surface area contributed by atoms with Crippen LogP contribution >= 0.6 is 11.3 Å². The van der Waals surface area contributed by atoms with E-state index in [4.69, 9.17) is 9.15 Å². The summed E-state index contributed by atoms with van der Waals surface area (Å²) in [5, 5.41) is 1.81. The number of hydrogen-bond acceptors (Lipinski definition) is 8. The predicted molar refractivity (Wildman–Crippen MR) is 186 cm³/mol. The van der Waals surface area contributed by atoms with Gasteiger partial charge in [0.2, 0.25) is 15.9 Å². The number of unbranched alkanes of at least 4 members (excludes halogenated alkanes) is 15. The maximum Gasteiger partial charge on any atom is 0.351 e. The Hall–Kier alpha value is -2.79. The number of thiazole rings is 1. The Labute approximate surface area is 278 Å². The van der Waals surface area contributed by atoms with Crippen molar-refractivity contribution in [3.63, 3.8) is 0 Å². The van der Waals surface area contributed by atoms with Crippen LogP contribution in [0.3, 0.4) is 0 Å². The van der Waals surface area contributed by atoms with Crippen LogP contribution in [0.25, 0.3) is 31.8 Å². The summed E-state index contributed by atoms with van der Waals surface area (Å²) in [7, 11) is -1.60. The molecule has 0 amide bonds. The Balaban J connectivity index is 0.000000875. The molecule has 0 fully saturated rings. The topological polar surface area (TPSA) is 110 Å². The third-order valence-electron chi connectivity index (χ3n) is 8.15. The molecule has 0 aliphatic carbocycles. The van der Waals surface area contributed by atoms with E-state index < -0.39 is 10.4 Å². The second kappa shape index (κ2) is 20.4. The van der Waals surface area contributed by atoms with Crippen molar-refractivity contribution in [3.8, 4) is 16.3 Å². The van der Waals surface area contributed by atoms with Gasteiger partial charge >= 0.3 is 5.63 Å². The first kappa shape index (κ1) is 37.7. The lowest BCUT2D eigenvalue weighted by molar-refractivity contribution is -0.629. The molecule has 254 valence electrons. The normalized spacial score (nSPS) is 11.6. The van der Waals surface area contributed by atoms with E-state index in [9.17, 15) is 17.8 Å². The van der Waals surface area contributed by atoms with Crippen LogP contribution in [0.4, 0.5) is 0 Å². The van der Waals surface area contributed by atoms with E-state index in [0.29, 0.717) is 11.1 Å². The summed E-state index contributed by atoms with van der Waals surface area (Å²) in [5.74, 6) is 0.899. The van der Waals surface area contributed by atoms with Gasteiger partial charge in [-0.3, -0.25) is 4.18 Å². The highest BCUT2D eigenvalue weighted by Crippen LogP contribution is 2.34. The summed E-state index contributed by atoms with van der Waals surface area (Å²) in [6, 6.07) is 15.7. The molecule has 0 bridgehead atoms. The number of aromatic nitrogens is 1. The minimum Gasteiger partial charge on any atom is -0.726 e. The fourth-order valence-corrected chi connectivity index (χ4v) is 6.76. The summed E-state index contributed by atoms with van der Waals surface area (Å²) < 4.78 is 46.0. The number of nitrogens with zero attached hydrogens (tertiary/aromatic N) is 1. The number of aryl methyl sites for hydroxylation is 1. The van der Waals surface area contributed by atoms with Gasteiger partial charge in [-0.05, 0) is 24.6 Å². The lowest BCUT2D eigenvalue weighted by Gasteiger charge is -2.06. The summed E-state index contributed by atoms with van der Waals surface area (Å²) in [4.78, 5) is 12.8. The summed E-state index contributed by atoms with van der Waals surface area (Å²) in [6.07, 6.45) is 21.9. The number of benzene rings is 2. The zero-order chi connectivity index (χ0) is 33.2. The average Bonchev–Trinajstić information content (AvgIpc) is 3.38. The van der Waals surface area contributed by atoms with E-state index in [1.54, 1.807) is 11.3 Å². The lowest BCUT2D eigenvalue weighted by atomic mass is 10.0. The van der Waals surface area contributed by atoms with Crippen molar-refractivity contribution < 1.29 is 30.9 Å². The Morgan fingerprint density at radius 1 is 0.804 bits per heavy atom. The molecule has 0 spiro atoms. The van der Waals surface area contributed by atoms with Gasteiger partial charge in [0, 0.05) is 11.5 Å².